The Morgan fingerprint density at radius 3 is 2.67 bits per heavy atom. The van der Waals surface area contributed by atoms with Gasteiger partial charge in [-0.25, -0.2) is 14.6 Å². The lowest BCUT2D eigenvalue weighted by atomic mass is 9.92. The highest BCUT2D eigenvalue weighted by atomic mass is 19.1. The largest absolute Gasteiger partial charge is 0.444 e. The predicted molar refractivity (Wildman–Crippen MR) is 151 cm³/mol. The maximum Gasteiger partial charge on any atom is 0.407 e. The van der Waals surface area contributed by atoms with E-state index < -0.39 is 17.5 Å². The monoisotopic (exact) mass is 540 g/mol. The number of amides is 2. The predicted octanol–water partition coefficient (Wildman–Crippen LogP) is 5.20. The Morgan fingerprint density at radius 2 is 1.98 bits per heavy atom. The van der Waals surface area contributed by atoms with Crippen molar-refractivity contribution in [2.24, 2.45) is 12.1 Å². The molecule has 4 aromatic rings. The van der Waals surface area contributed by atoms with E-state index >= 15 is 4.39 Å². The summed E-state index contributed by atoms with van der Waals surface area (Å²) < 4.78 is 22.5. The van der Waals surface area contributed by atoms with Crippen molar-refractivity contribution >= 4 is 29.0 Å². The number of hydrazone groups is 1. The molecule has 0 aliphatic rings. The number of fused-ring (bicyclic) bond motifs is 1. The maximum absolute atomic E-state index is 15.6. The van der Waals surface area contributed by atoms with Crippen LogP contribution in [0.2, 0.25) is 0 Å². The number of ether oxygens (including phenoxy) is 1. The van der Waals surface area contributed by atoms with Crippen LogP contribution in [-0.2, 0) is 16.6 Å². The molecular weight excluding hydrogens is 511 g/mol. The number of aromatic nitrogens is 2. The van der Waals surface area contributed by atoms with Crippen molar-refractivity contribution in [3.8, 4) is 28.5 Å². The number of hydrogen-bond donors (Lipinski definition) is 2. The summed E-state index contributed by atoms with van der Waals surface area (Å²) in [6, 6.07) is 16.3. The van der Waals surface area contributed by atoms with Crippen LogP contribution in [0.1, 0.15) is 37.5 Å². The van der Waals surface area contributed by atoms with Crippen LogP contribution < -0.4 is 10.7 Å². The van der Waals surface area contributed by atoms with Gasteiger partial charge in [-0.15, -0.1) is 0 Å². The Labute approximate surface area is 231 Å². The third-order valence-electron chi connectivity index (χ3n) is 6.20. The zero-order chi connectivity index (χ0) is 29.0. The van der Waals surface area contributed by atoms with Gasteiger partial charge >= 0.3 is 6.09 Å². The zero-order valence-electron chi connectivity index (χ0n) is 22.9. The summed E-state index contributed by atoms with van der Waals surface area (Å²) in [6.07, 6.45) is 1.40. The summed E-state index contributed by atoms with van der Waals surface area (Å²) in [6.45, 7) is 7.10. The molecule has 0 radical (unpaired) electrons. The van der Waals surface area contributed by atoms with Crippen LogP contribution >= 0.6 is 0 Å². The number of carbonyl (C=O) groups is 2. The molecule has 2 N–H and O–H groups in total. The van der Waals surface area contributed by atoms with Crippen LogP contribution in [0.25, 0.3) is 33.2 Å². The summed E-state index contributed by atoms with van der Waals surface area (Å²) in [5, 5.41) is 22.5. The minimum Gasteiger partial charge on any atom is -0.444 e. The normalized spacial score (nSPS) is 11.7. The van der Waals surface area contributed by atoms with Crippen LogP contribution in [-0.4, -0.2) is 40.1 Å². The average Bonchev–Trinajstić information content (AvgIpc) is 3.28. The molecule has 0 saturated heterocycles. The van der Waals surface area contributed by atoms with Gasteiger partial charge in [-0.05, 0) is 56.3 Å². The molecule has 2 amide bonds. The number of nitriles is 1. The molecule has 0 saturated carbocycles. The maximum atomic E-state index is 15.6. The van der Waals surface area contributed by atoms with Gasteiger partial charge in [0.05, 0.1) is 35.3 Å². The highest BCUT2D eigenvalue weighted by molar-refractivity contribution is 6.05. The number of halogens is 1. The smallest absolute Gasteiger partial charge is 0.407 e. The minimum atomic E-state index is -0.685. The second-order valence-electron chi connectivity index (χ2n) is 10.2. The van der Waals surface area contributed by atoms with Crippen LogP contribution in [0.4, 0.5) is 9.18 Å². The molecule has 0 spiro atoms. The van der Waals surface area contributed by atoms with Crippen molar-refractivity contribution in [1.29, 1.82) is 5.26 Å². The molecule has 1 aromatic heterocycles. The van der Waals surface area contributed by atoms with Crippen LogP contribution in [0.5, 0.6) is 0 Å². The molecule has 0 bridgehead atoms. The number of aryl methyl sites for hydroxylation is 2. The van der Waals surface area contributed by atoms with Gasteiger partial charge in [-0.3, -0.25) is 9.48 Å². The first kappa shape index (κ1) is 28.0. The number of nitrogens with zero attached hydrogens (tertiary/aromatic N) is 4. The number of carbonyl (C=O) groups excluding carboxylic acids is 2. The number of nitrogens with one attached hydrogen (secondary N) is 2. The van der Waals surface area contributed by atoms with E-state index in [9.17, 15) is 14.9 Å². The first-order chi connectivity index (χ1) is 19.0. The molecule has 1 heterocycles. The Kier molecular flexibility index (Phi) is 7.95. The van der Waals surface area contributed by atoms with Gasteiger partial charge in [-0.2, -0.15) is 15.5 Å². The van der Waals surface area contributed by atoms with Crippen molar-refractivity contribution in [1.82, 2.24) is 20.5 Å². The van der Waals surface area contributed by atoms with Gasteiger partial charge in [0.15, 0.2) is 0 Å². The van der Waals surface area contributed by atoms with Gasteiger partial charge in [0, 0.05) is 23.6 Å². The fourth-order valence-electron chi connectivity index (χ4n) is 4.48. The van der Waals surface area contributed by atoms with E-state index in [0.29, 0.717) is 45.3 Å². The molecule has 40 heavy (non-hydrogen) atoms. The summed E-state index contributed by atoms with van der Waals surface area (Å²) in [5.41, 5.74) is 5.52. The van der Waals surface area contributed by atoms with E-state index in [1.54, 1.807) is 58.3 Å². The number of rotatable bonds is 7. The quantitative estimate of drug-likeness (QED) is 0.190. The SMILES string of the molecule is Cc1ccc(-c2cnn(C)c2-c2c(F)cc3ccccc3c2C#N)cc1/C(CNC(=O)OC(C)(C)C)=N\NC=O. The van der Waals surface area contributed by atoms with E-state index in [4.69, 9.17) is 4.74 Å². The number of benzene rings is 3. The van der Waals surface area contributed by atoms with Gasteiger partial charge in [-0.1, -0.05) is 36.4 Å². The average molecular weight is 541 g/mol. The van der Waals surface area contributed by atoms with Crippen molar-refractivity contribution in [3.05, 3.63) is 77.2 Å². The Bertz CT molecular complexity index is 1680. The lowest BCUT2D eigenvalue weighted by Crippen LogP contribution is -2.36. The van der Waals surface area contributed by atoms with Gasteiger partial charge in [0.25, 0.3) is 0 Å². The van der Waals surface area contributed by atoms with Crippen LogP contribution in [0, 0.1) is 24.1 Å². The van der Waals surface area contributed by atoms with E-state index in [-0.39, 0.29) is 17.7 Å². The Morgan fingerprint density at radius 1 is 1.23 bits per heavy atom. The van der Waals surface area contributed by atoms with Crippen molar-refractivity contribution < 1.29 is 18.7 Å². The summed E-state index contributed by atoms with van der Waals surface area (Å²) in [7, 11) is 1.69. The summed E-state index contributed by atoms with van der Waals surface area (Å²) in [5.74, 6) is -0.536. The van der Waals surface area contributed by atoms with Gasteiger partial charge in [0.2, 0.25) is 6.41 Å². The second kappa shape index (κ2) is 11.4. The molecule has 3 aromatic carbocycles. The molecule has 0 aliphatic heterocycles. The molecule has 0 unspecified atom stereocenters. The molecular formula is C30H29FN6O3. The second-order valence-corrected chi connectivity index (χ2v) is 10.2. The lowest BCUT2D eigenvalue weighted by Gasteiger charge is -2.20. The van der Waals surface area contributed by atoms with Crippen LogP contribution in [0.3, 0.4) is 0 Å². The Balaban J connectivity index is 1.82. The van der Waals surface area contributed by atoms with Gasteiger partial charge < -0.3 is 10.1 Å². The lowest BCUT2D eigenvalue weighted by molar-refractivity contribution is -0.109. The van der Waals surface area contributed by atoms with Crippen LogP contribution in [0.15, 0.2) is 59.8 Å². The molecule has 9 nitrogen and oxygen atoms in total. The van der Waals surface area contributed by atoms with E-state index in [1.165, 1.54) is 10.7 Å². The first-order valence-electron chi connectivity index (χ1n) is 12.5. The van der Waals surface area contributed by atoms with E-state index in [0.717, 1.165) is 5.56 Å². The van der Waals surface area contributed by atoms with Gasteiger partial charge in [0.1, 0.15) is 17.5 Å². The highest BCUT2D eigenvalue weighted by Gasteiger charge is 2.23. The van der Waals surface area contributed by atoms with Crippen molar-refractivity contribution in [2.75, 3.05) is 6.54 Å². The van der Waals surface area contributed by atoms with E-state index in [2.05, 4.69) is 27.0 Å². The number of hydrogen-bond acceptors (Lipinski definition) is 6. The molecule has 0 aliphatic carbocycles. The van der Waals surface area contributed by atoms with Crippen molar-refractivity contribution in [3.63, 3.8) is 0 Å². The highest BCUT2D eigenvalue weighted by Crippen LogP contribution is 2.38. The Hall–Kier alpha value is -5.04. The standard InChI is InChI=1S/C30H29FN6O3/c1-18-10-11-20(12-22(18)26(36-34-17-38)16-33-29(39)40-30(2,3)4)24-15-35-37(5)28(24)27-23(14-32)21-9-7-6-8-19(21)13-25(27)31/h6-13,15,17H,16H2,1-5H3,(H,33,39)(H,34,38)/b36-26-. The third-order valence-corrected chi connectivity index (χ3v) is 6.20. The summed E-state index contributed by atoms with van der Waals surface area (Å²) in [4.78, 5) is 23.3. The third kappa shape index (κ3) is 5.83. The molecule has 4 rings (SSSR count). The zero-order valence-corrected chi connectivity index (χ0v) is 22.9. The molecule has 0 atom stereocenters. The molecule has 204 valence electrons. The minimum absolute atomic E-state index is 0.0299. The fourth-order valence-corrected chi connectivity index (χ4v) is 4.48. The first-order valence-corrected chi connectivity index (χ1v) is 12.5. The number of alkyl carbamates (subject to hydrolysis) is 1. The van der Waals surface area contributed by atoms with E-state index in [1.807, 2.05) is 25.1 Å². The molecule has 0 fully saturated rings. The topological polar surface area (TPSA) is 121 Å². The molecule has 10 heteroatoms. The fraction of sp³-hybridized carbons (Fsp3) is 0.233. The summed E-state index contributed by atoms with van der Waals surface area (Å²) >= 11 is 0. The van der Waals surface area contributed by atoms with Crippen molar-refractivity contribution in [2.45, 2.75) is 33.3 Å².